The maximum Gasteiger partial charge on any atom is 0.0784 e. The number of quaternary nitrogens is 2. The lowest BCUT2D eigenvalue weighted by molar-refractivity contribution is -0.910. The summed E-state index contributed by atoms with van der Waals surface area (Å²) < 4.78 is 2.71. The molecule has 0 rings (SSSR count). The van der Waals surface area contributed by atoms with Gasteiger partial charge in [0.2, 0.25) is 0 Å². The average Bonchev–Trinajstić information content (AvgIpc) is 3.14. The molecule has 0 spiro atoms. The van der Waals surface area contributed by atoms with Crippen LogP contribution in [0.25, 0.3) is 0 Å². The van der Waals surface area contributed by atoms with Crippen molar-refractivity contribution < 1.29 is 31.4 Å². The molecular weight excluding hydrogens is 724 g/mol. The molecule has 332 valence electrons. The number of hydrogen-bond acceptors (Lipinski definition) is 1. The van der Waals surface area contributed by atoms with Crippen LogP contribution < -0.4 is 17.0 Å². The van der Waals surface area contributed by atoms with Crippen molar-refractivity contribution in [2.45, 2.75) is 273 Å². The highest BCUT2D eigenvalue weighted by Crippen LogP contribution is 2.18. The van der Waals surface area contributed by atoms with Crippen LogP contribution in [0.3, 0.4) is 0 Å². The SMILES string of the molecule is CCCCCCCC[N+](C)(CCCCCCCC)CCCCCCCC.CCCCCCCC[N+](C)(CCCCCCCC)CCCCCCCC.[Br-].[OH-]. The van der Waals surface area contributed by atoms with E-state index in [9.17, 15) is 0 Å². The molecule has 0 aromatic carbocycles. The minimum atomic E-state index is 0. The summed E-state index contributed by atoms with van der Waals surface area (Å²) in [7, 11) is 5.12. The Morgan fingerprint density at radius 2 is 0.315 bits per heavy atom. The predicted octanol–water partition coefficient (Wildman–Crippen LogP) is 13.9. The Morgan fingerprint density at radius 1 is 0.204 bits per heavy atom. The molecular formula is C50H109BrN2O. The summed E-state index contributed by atoms with van der Waals surface area (Å²) in [5.74, 6) is 0. The summed E-state index contributed by atoms with van der Waals surface area (Å²) >= 11 is 0. The number of rotatable bonds is 42. The molecule has 0 unspecified atom stereocenters. The highest BCUT2D eigenvalue weighted by Gasteiger charge is 2.21. The summed E-state index contributed by atoms with van der Waals surface area (Å²) in [5.41, 5.74) is 0. The van der Waals surface area contributed by atoms with Crippen LogP contribution in [0.15, 0.2) is 0 Å². The van der Waals surface area contributed by atoms with Crippen LogP contribution in [0.5, 0.6) is 0 Å². The van der Waals surface area contributed by atoms with Gasteiger partial charge in [0.15, 0.2) is 0 Å². The highest BCUT2D eigenvalue weighted by molar-refractivity contribution is 4.53. The average molecular weight is 834 g/mol. The lowest BCUT2D eigenvalue weighted by Crippen LogP contribution is -3.00. The van der Waals surface area contributed by atoms with Crippen LogP contribution in [0.1, 0.15) is 273 Å². The Kier molecular flexibility index (Phi) is 56.0. The van der Waals surface area contributed by atoms with Gasteiger partial charge in [-0.3, -0.25) is 0 Å². The van der Waals surface area contributed by atoms with Crippen molar-refractivity contribution in [2.24, 2.45) is 0 Å². The fraction of sp³-hybridized carbons (Fsp3) is 1.00. The van der Waals surface area contributed by atoms with Gasteiger partial charge in [-0.1, -0.05) is 196 Å². The predicted molar refractivity (Wildman–Crippen MR) is 244 cm³/mol. The van der Waals surface area contributed by atoms with Crippen LogP contribution in [-0.4, -0.2) is 67.8 Å². The molecule has 0 aliphatic heterocycles. The lowest BCUT2D eigenvalue weighted by Gasteiger charge is -2.35. The van der Waals surface area contributed by atoms with Crippen LogP contribution in [0, 0.1) is 0 Å². The van der Waals surface area contributed by atoms with E-state index >= 15 is 0 Å². The summed E-state index contributed by atoms with van der Waals surface area (Å²) in [6.07, 6.45) is 51.7. The van der Waals surface area contributed by atoms with Gasteiger partial charge in [0, 0.05) is 0 Å². The van der Waals surface area contributed by atoms with E-state index < -0.39 is 0 Å². The van der Waals surface area contributed by atoms with E-state index in [4.69, 9.17) is 0 Å². The Morgan fingerprint density at radius 3 is 0.444 bits per heavy atom. The maximum atomic E-state index is 2.56. The van der Waals surface area contributed by atoms with E-state index in [1.807, 2.05) is 0 Å². The highest BCUT2D eigenvalue weighted by atomic mass is 79.9. The minimum Gasteiger partial charge on any atom is -1.00 e. The molecule has 0 amide bonds. The molecule has 4 heteroatoms. The Labute approximate surface area is 356 Å². The van der Waals surface area contributed by atoms with Gasteiger partial charge in [-0.2, -0.15) is 0 Å². The first kappa shape index (κ1) is 61.0. The normalized spacial score (nSPS) is 11.6. The van der Waals surface area contributed by atoms with Gasteiger partial charge in [-0.05, 0) is 77.0 Å². The van der Waals surface area contributed by atoms with Gasteiger partial charge >= 0.3 is 0 Å². The van der Waals surface area contributed by atoms with Crippen LogP contribution in [0.4, 0.5) is 0 Å². The molecule has 0 saturated heterocycles. The van der Waals surface area contributed by atoms with Crippen molar-refractivity contribution in [3.63, 3.8) is 0 Å². The fourth-order valence-electron chi connectivity index (χ4n) is 8.31. The molecule has 0 aliphatic rings. The molecule has 0 aliphatic carbocycles. The van der Waals surface area contributed by atoms with Gasteiger partial charge < -0.3 is 31.4 Å². The second kappa shape index (κ2) is 49.5. The molecule has 1 N–H and O–H groups in total. The quantitative estimate of drug-likeness (QED) is 0.0445. The first-order valence-electron chi connectivity index (χ1n) is 25.0. The summed E-state index contributed by atoms with van der Waals surface area (Å²) in [6, 6.07) is 0. The van der Waals surface area contributed by atoms with Crippen molar-refractivity contribution in [3.05, 3.63) is 0 Å². The molecule has 0 fully saturated rings. The first-order chi connectivity index (χ1) is 25.4. The molecule has 0 radical (unpaired) electrons. The summed E-state index contributed by atoms with van der Waals surface area (Å²) in [5, 5.41) is 0. The molecule has 3 nitrogen and oxygen atoms in total. The number of hydrogen-bond donors (Lipinski definition) is 0. The van der Waals surface area contributed by atoms with Crippen LogP contribution >= 0.6 is 0 Å². The van der Waals surface area contributed by atoms with Crippen molar-refractivity contribution in [1.29, 1.82) is 0 Å². The Hall–Kier alpha value is 0.360. The Balaban J connectivity index is -0.000000446. The monoisotopic (exact) mass is 833 g/mol. The van der Waals surface area contributed by atoms with E-state index in [0.29, 0.717) is 0 Å². The molecule has 54 heavy (non-hydrogen) atoms. The molecule has 0 heterocycles. The number of unbranched alkanes of at least 4 members (excludes halogenated alkanes) is 30. The topological polar surface area (TPSA) is 30.0 Å². The van der Waals surface area contributed by atoms with E-state index in [1.54, 1.807) is 0 Å². The summed E-state index contributed by atoms with van der Waals surface area (Å²) in [4.78, 5) is 0. The zero-order valence-corrected chi connectivity index (χ0v) is 41.0. The lowest BCUT2D eigenvalue weighted by atomic mass is 10.1. The molecule has 0 aromatic rings. The Bertz CT molecular complexity index is 509. The number of halogens is 1. The zero-order chi connectivity index (χ0) is 38.7. The van der Waals surface area contributed by atoms with Crippen molar-refractivity contribution >= 4 is 0 Å². The summed E-state index contributed by atoms with van der Waals surface area (Å²) in [6.45, 7) is 22.4. The third-order valence-corrected chi connectivity index (χ3v) is 12.3. The van der Waals surface area contributed by atoms with Crippen molar-refractivity contribution in [3.8, 4) is 0 Å². The molecule has 0 saturated carbocycles. The molecule has 0 aromatic heterocycles. The van der Waals surface area contributed by atoms with Crippen molar-refractivity contribution in [2.75, 3.05) is 53.4 Å². The van der Waals surface area contributed by atoms with Crippen molar-refractivity contribution in [1.82, 2.24) is 0 Å². The largest absolute Gasteiger partial charge is 1.00 e. The maximum absolute atomic E-state index is 2.56. The fourth-order valence-corrected chi connectivity index (χ4v) is 8.31. The second-order valence-electron chi connectivity index (χ2n) is 18.2. The molecule has 0 atom stereocenters. The standard InChI is InChI=1S/2C25H54N.BrH.H2O/c2*1-5-8-11-14-17-20-23-26(4,24-21-18-15-12-9-6-2)25-22-19-16-13-10-7-3;;/h2*5-25H2,1-4H3;1H;1H2/q2*+1;;/p-2. The van der Waals surface area contributed by atoms with Gasteiger partial charge in [-0.25, -0.2) is 0 Å². The third-order valence-electron chi connectivity index (χ3n) is 12.3. The van der Waals surface area contributed by atoms with Gasteiger partial charge in [0.1, 0.15) is 0 Å². The van der Waals surface area contributed by atoms with E-state index in [1.165, 1.54) is 279 Å². The zero-order valence-electron chi connectivity index (χ0n) is 39.4. The smallest absolute Gasteiger partial charge is 0.0784 e. The first-order valence-corrected chi connectivity index (χ1v) is 25.0. The van der Waals surface area contributed by atoms with E-state index in [0.717, 1.165) is 0 Å². The van der Waals surface area contributed by atoms with Gasteiger partial charge in [-0.15, -0.1) is 0 Å². The van der Waals surface area contributed by atoms with Gasteiger partial charge in [0.25, 0.3) is 0 Å². The molecule has 0 bridgehead atoms. The number of nitrogens with zero attached hydrogens (tertiary/aromatic N) is 2. The van der Waals surface area contributed by atoms with E-state index in [2.05, 4.69) is 55.6 Å². The minimum absolute atomic E-state index is 0. The van der Waals surface area contributed by atoms with Crippen LogP contribution in [0.2, 0.25) is 0 Å². The second-order valence-corrected chi connectivity index (χ2v) is 18.2. The van der Waals surface area contributed by atoms with Gasteiger partial charge in [0.05, 0.1) is 53.4 Å². The third kappa shape index (κ3) is 46.7. The van der Waals surface area contributed by atoms with E-state index in [-0.39, 0.29) is 22.5 Å². The van der Waals surface area contributed by atoms with Crippen LogP contribution in [-0.2, 0) is 0 Å².